The predicted molar refractivity (Wildman–Crippen MR) is 84.2 cm³/mol. The van der Waals surface area contributed by atoms with E-state index >= 15 is 0 Å². The van der Waals surface area contributed by atoms with E-state index in [0.717, 1.165) is 13.1 Å². The van der Waals surface area contributed by atoms with Crippen molar-refractivity contribution in [2.45, 2.75) is 31.1 Å². The first-order valence-electron chi connectivity index (χ1n) is 7.28. The van der Waals surface area contributed by atoms with Gasteiger partial charge in [0.15, 0.2) is 9.84 Å². The predicted octanol–water partition coefficient (Wildman–Crippen LogP) is 2.23. The lowest BCUT2D eigenvalue weighted by Crippen LogP contribution is -2.22. The molecule has 2 fully saturated rings. The highest BCUT2D eigenvalue weighted by molar-refractivity contribution is 7.91. The van der Waals surface area contributed by atoms with Crippen LogP contribution in [0.4, 0.5) is 10.7 Å². The molecule has 0 radical (unpaired) electrons. The van der Waals surface area contributed by atoms with Gasteiger partial charge in [0, 0.05) is 13.1 Å². The van der Waals surface area contributed by atoms with E-state index in [0.29, 0.717) is 21.7 Å². The molecule has 0 aromatic carbocycles. The quantitative estimate of drug-likeness (QED) is 0.921. The van der Waals surface area contributed by atoms with Gasteiger partial charge in [-0.2, -0.15) is 5.26 Å². The number of sulfone groups is 1. The Kier molecular flexibility index (Phi) is 3.62. The van der Waals surface area contributed by atoms with Crippen LogP contribution in [-0.2, 0) is 9.84 Å². The van der Waals surface area contributed by atoms with E-state index in [1.54, 1.807) is 6.92 Å². The van der Waals surface area contributed by atoms with Crippen molar-refractivity contribution in [3.05, 3.63) is 4.88 Å². The fraction of sp³-hybridized carbons (Fsp3) is 0.643. The van der Waals surface area contributed by atoms with Gasteiger partial charge in [-0.25, -0.2) is 8.42 Å². The Balaban J connectivity index is 2.05. The van der Waals surface area contributed by atoms with Crippen molar-refractivity contribution in [2.24, 2.45) is 11.8 Å². The smallest absolute Gasteiger partial charge is 0.183 e. The second-order valence-corrected chi connectivity index (χ2v) is 9.06. The number of nitrogens with zero attached hydrogens (tertiary/aromatic N) is 2. The SMILES string of the molecule is CCS(=O)(=O)c1c(N2CC3CCCC3C2)sc(C#N)c1N. The van der Waals surface area contributed by atoms with Crippen molar-refractivity contribution in [3.8, 4) is 6.07 Å². The topological polar surface area (TPSA) is 87.2 Å². The summed E-state index contributed by atoms with van der Waals surface area (Å²) in [7, 11) is -3.42. The van der Waals surface area contributed by atoms with Gasteiger partial charge < -0.3 is 10.6 Å². The highest BCUT2D eigenvalue weighted by Gasteiger charge is 2.39. The first-order chi connectivity index (χ1) is 9.97. The van der Waals surface area contributed by atoms with Crippen LogP contribution in [0.1, 0.15) is 31.1 Å². The molecule has 3 rings (SSSR count). The van der Waals surface area contributed by atoms with Crippen molar-refractivity contribution in [3.63, 3.8) is 0 Å². The maximum absolute atomic E-state index is 12.4. The average molecular weight is 325 g/mol. The second-order valence-electron chi connectivity index (χ2n) is 5.85. The molecular formula is C14H19N3O2S2. The minimum Gasteiger partial charge on any atom is -0.396 e. The molecule has 2 atom stereocenters. The molecule has 1 aromatic heterocycles. The van der Waals surface area contributed by atoms with Crippen molar-refractivity contribution in [1.82, 2.24) is 0 Å². The van der Waals surface area contributed by atoms with Crippen LogP contribution in [0.5, 0.6) is 0 Å². The number of anilines is 2. The molecule has 2 unspecified atom stereocenters. The van der Waals surface area contributed by atoms with Gasteiger partial charge in [0.1, 0.15) is 20.8 Å². The number of hydrogen-bond donors (Lipinski definition) is 1. The zero-order valence-corrected chi connectivity index (χ0v) is 13.6. The number of nitriles is 1. The van der Waals surface area contributed by atoms with Gasteiger partial charge in [-0.15, -0.1) is 11.3 Å². The lowest BCUT2D eigenvalue weighted by molar-refractivity contribution is 0.494. The summed E-state index contributed by atoms with van der Waals surface area (Å²) in [5, 5.41) is 9.85. The van der Waals surface area contributed by atoms with Gasteiger partial charge in [0.2, 0.25) is 0 Å². The Morgan fingerprint density at radius 3 is 2.52 bits per heavy atom. The Morgan fingerprint density at radius 1 is 1.38 bits per heavy atom. The summed E-state index contributed by atoms with van der Waals surface area (Å²) in [6.07, 6.45) is 3.73. The lowest BCUT2D eigenvalue weighted by atomic mass is 10.0. The number of thiophene rings is 1. The molecule has 2 aliphatic rings. The van der Waals surface area contributed by atoms with Crippen LogP contribution in [0, 0.1) is 23.2 Å². The normalized spacial score (nSPS) is 25.0. The van der Waals surface area contributed by atoms with Crippen LogP contribution in [0.15, 0.2) is 4.90 Å². The minimum atomic E-state index is -3.42. The Labute approximate surface area is 129 Å². The average Bonchev–Trinajstić information content (AvgIpc) is 3.10. The standard InChI is InChI=1S/C14H19N3O2S2/c1-2-21(18,19)13-12(16)11(6-15)20-14(13)17-7-9-4-3-5-10(9)8-17/h9-10H,2-5,7-8,16H2,1H3. The number of fused-ring (bicyclic) bond motifs is 1. The van der Waals surface area contributed by atoms with E-state index in [2.05, 4.69) is 4.90 Å². The molecule has 2 heterocycles. The van der Waals surface area contributed by atoms with Crippen LogP contribution >= 0.6 is 11.3 Å². The molecule has 1 aliphatic heterocycles. The third-order valence-electron chi connectivity index (χ3n) is 4.69. The summed E-state index contributed by atoms with van der Waals surface area (Å²) in [5.74, 6) is 1.33. The molecule has 2 N–H and O–H groups in total. The molecule has 21 heavy (non-hydrogen) atoms. The van der Waals surface area contributed by atoms with Gasteiger partial charge in [0.25, 0.3) is 0 Å². The zero-order valence-electron chi connectivity index (χ0n) is 12.0. The van der Waals surface area contributed by atoms with E-state index in [9.17, 15) is 8.42 Å². The number of rotatable bonds is 3. The molecule has 1 aromatic rings. The highest BCUT2D eigenvalue weighted by Crippen LogP contribution is 2.46. The summed E-state index contributed by atoms with van der Waals surface area (Å²) < 4.78 is 24.7. The molecule has 114 valence electrons. The minimum absolute atomic E-state index is 0.00645. The lowest BCUT2D eigenvalue weighted by Gasteiger charge is -2.19. The Morgan fingerprint density at radius 2 is 2.00 bits per heavy atom. The third kappa shape index (κ3) is 2.30. The van der Waals surface area contributed by atoms with Crippen LogP contribution in [0.2, 0.25) is 0 Å². The second kappa shape index (κ2) is 5.18. The van der Waals surface area contributed by atoms with Crippen LogP contribution < -0.4 is 10.6 Å². The third-order valence-corrected chi connectivity index (χ3v) is 7.78. The van der Waals surface area contributed by atoms with Gasteiger partial charge in [-0.1, -0.05) is 13.3 Å². The van der Waals surface area contributed by atoms with E-state index in [-0.39, 0.29) is 16.3 Å². The van der Waals surface area contributed by atoms with Gasteiger partial charge in [-0.3, -0.25) is 0 Å². The largest absolute Gasteiger partial charge is 0.396 e. The Bertz CT molecular complexity index is 691. The maximum Gasteiger partial charge on any atom is 0.183 e. The monoisotopic (exact) mass is 325 g/mol. The van der Waals surface area contributed by atoms with Crippen LogP contribution in [0.25, 0.3) is 0 Å². The van der Waals surface area contributed by atoms with Gasteiger partial charge in [0.05, 0.1) is 11.4 Å². The maximum atomic E-state index is 12.4. The van der Waals surface area contributed by atoms with Gasteiger partial charge in [-0.05, 0) is 24.7 Å². The fourth-order valence-corrected chi connectivity index (χ4v) is 6.18. The molecule has 0 bridgehead atoms. The molecule has 0 spiro atoms. The first-order valence-corrected chi connectivity index (χ1v) is 9.74. The van der Waals surface area contributed by atoms with Crippen molar-refractivity contribution < 1.29 is 8.42 Å². The van der Waals surface area contributed by atoms with Gasteiger partial charge >= 0.3 is 0 Å². The van der Waals surface area contributed by atoms with E-state index in [1.807, 2.05) is 6.07 Å². The molecule has 0 amide bonds. The highest BCUT2D eigenvalue weighted by atomic mass is 32.2. The summed E-state index contributed by atoms with van der Waals surface area (Å²) in [6.45, 7) is 3.39. The first kappa shape index (κ1) is 14.7. The summed E-state index contributed by atoms with van der Waals surface area (Å²) in [5.41, 5.74) is 6.08. The number of nitrogens with two attached hydrogens (primary N) is 1. The van der Waals surface area contributed by atoms with Crippen LogP contribution in [-0.4, -0.2) is 27.3 Å². The molecule has 1 saturated carbocycles. The van der Waals surface area contributed by atoms with Crippen molar-refractivity contribution >= 4 is 31.9 Å². The molecule has 1 aliphatic carbocycles. The summed E-state index contributed by atoms with van der Waals surface area (Å²) in [6, 6.07) is 2.03. The number of nitrogen functional groups attached to an aromatic ring is 1. The van der Waals surface area contributed by atoms with E-state index < -0.39 is 9.84 Å². The molecule has 1 saturated heterocycles. The molecule has 5 nitrogen and oxygen atoms in total. The summed E-state index contributed by atoms with van der Waals surface area (Å²) >= 11 is 1.22. The number of hydrogen-bond acceptors (Lipinski definition) is 6. The summed E-state index contributed by atoms with van der Waals surface area (Å²) in [4.78, 5) is 2.64. The molecule has 7 heteroatoms. The van der Waals surface area contributed by atoms with Crippen LogP contribution in [0.3, 0.4) is 0 Å². The molecular weight excluding hydrogens is 306 g/mol. The van der Waals surface area contributed by atoms with E-state index in [4.69, 9.17) is 11.0 Å². The Hall–Kier alpha value is -1.26. The van der Waals surface area contributed by atoms with Crippen molar-refractivity contribution in [2.75, 3.05) is 29.5 Å². The van der Waals surface area contributed by atoms with Crippen molar-refractivity contribution in [1.29, 1.82) is 5.26 Å². The fourth-order valence-electron chi connectivity index (χ4n) is 3.55. The zero-order chi connectivity index (χ0) is 15.2. The van der Waals surface area contributed by atoms with E-state index in [1.165, 1.54) is 30.6 Å².